The average Bonchev–Trinajstić information content (AvgIpc) is 2.69. The van der Waals surface area contributed by atoms with Gasteiger partial charge in [0.05, 0.1) is 11.0 Å². The molecule has 0 aliphatic heterocycles. The van der Waals surface area contributed by atoms with Crippen LogP contribution in [0.2, 0.25) is 0 Å². The van der Waals surface area contributed by atoms with Gasteiger partial charge in [-0.2, -0.15) is 0 Å². The van der Waals surface area contributed by atoms with Crippen molar-refractivity contribution in [2.75, 3.05) is 0 Å². The van der Waals surface area contributed by atoms with E-state index < -0.39 is 27.7 Å². The quantitative estimate of drug-likeness (QED) is 0.612. The topological polar surface area (TPSA) is 89.4 Å². The fourth-order valence-corrected chi connectivity index (χ4v) is 2.38. The predicted octanol–water partition coefficient (Wildman–Crippen LogP) is 2.17. The molecular weight excluding hydrogens is 227 g/mol. The maximum atomic E-state index is 13.3. The van der Waals surface area contributed by atoms with Gasteiger partial charge in [-0.25, -0.2) is 4.39 Å². The van der Waals surface area contributed by atoms with Crippen molar-refractivity contribution in [2.45, 2.75) is 31.2 Å². The summed E-state index contributed by atoms with van der Waals surface area (Å²) in [6.45, 7) is 0. The van der Waals surface area contributed by atoms with E-state index in [0.717, 1.165) is 18.9 Å². The number of nitro groups is 1. The first kappa shape index (κ1) is 11.8. The van der Waals surface area contributed by atoms with Crippen LogP contribution in [0.15, 0.2) is 12.1 Å². The third-order valence-corrected chi connectivity index (χ3v) is 3.28. The highest BCUT2D eigenvalue weighted by Crippen LogP contribution is 2.43. The molecule has 0 radical (unpaired) electrons. The van der Waals surface area contributed by atoms with Crippen molar-refractivity contribution in [3.8, 4) is 5.75 Å². The Morgan fingerprint density at radius 1 is 1.41 bits per heavy atom. The van der Waals surface area contributed by atoms with Gasteiger partial charge in [0.1, 0.15) is 5.82 Å². The number of phenols is 1. The van der Waals surface area contributed by atoms with E-state index in [1.165, 1.54) is 0 Å². The summed E-state index contributed by atoms with van der Waals surface area (Å²) in [5.41, 5.74) is 4.73. The lowest BCUT2D eigenvalue weighted by Crippen LogP contribution is -2.33. The van der Waals surface area contributed by atoms with Crippen LogP contribution in [0.25, 0.3) is 0 Å². The largest absolute Gasteiger partial charge is 0.502 e. The number of nitrogens with zero attached hydrogens (tertiary/aromatic N) is 1. The molecule has 1 aliphatic rings. The number of benzene rings is 1. The molecule has 0 heterocycles. The van der Waals surface area contributed by atoms with Gasteiger partial charge < -0.3 is 10.8 Å². The average molecular weight is 240 g/mol. The second-order valence-corrected chi connectivity index (χ2v) is 4.44. The van der Waals surface area contributed by atoms with Gasteiger partial charge in [-0.15, -0.1) is 0 Å². The van der Waals surface area contributed by atoms with Crippen LogP contribution >= 0.6 is 0 Å². The fraction of sp³-hybridized carbons (Fsp3) is 0.455. The molecule has 5 nitrogen and oxygen atoms in total. The lowest BCUT2D eigenvalue weighted by molar-refractivity contribution is -0.386. The highest BCUT2D eigenvalue weighted by atomic mass is 19.1. The van der Waals surface area contributed by atoms with E-state index in [1.54, 1.807) is 0 Å². The van der Waals surface area contributed by atoms with Crippen LogP contribution in [0.3, 0.4) is 0 Å². The Morgan fingerprint density at radius 2 is 2.00 bits per heavy atom. The van der Waals surface area contributed by atoms with Crippen molar-refractivity contribution < 1.29 is 14.4 Å². The van der Waals surface area contributed by atoms with Crippen molar-refractivity contribution in [3.05, 3.63) is 33.6 Å². The van der Waals surface area contributed by atoms with Gasteiger partial charge >= 0.3 is 5.69 Å². The molecule has 3 N–H and O–H groups in total. The molecule has 1 aromatic carbocycles. The molecule has 2 rings (SSSR count). The Labute approximate surface area is 97.2 Å². The number of halogens is 1. The van der Waals surface area contributed by atoms with E-state index >= 15 is 0 Å². The molecule has 17 heavy (non-hydrogen) atoms. The monoisotopic (exact) mass is 240 g/mol. The van der Waals surface area contributed by atoms with Crippen molar-refractivity contribution in [1.82, 2.24) is 0 Å². The standard InChI is InChI=1S/C11H13FN2O3/c12-7-5-8(11(13)3-1-2-4-11)10(15)9(6-7)14(16)17/h5-6,15H,1-4,13H2. The predicted molar refractivity (Wildman–Crippen MR) is 59.1 cm³/mol. The SMILES string of the molecule is NC1(c2cc(F)cc([N+](=O)[O-])c2O)CCCC1. The van der Waals surface area contributed by atoms with E-state index in [1.807, 2.05) is 0 Å². The fourth-order valence-electron chi connectivity index (χ4n) is 2.38. The summed E-state index contributed by atoms with van der Waals surface area (Å²) in [6, 6.07) is 1.80. The summed E-state index contributed by atoms with van der Waals surface area (Å²) < 4.78 is 13.3. The highest BCUT2D eigenvalue weighted by Gasteiger charge is 2.36. The number of phenolic OH excluding ortho intramolecular Hbond substituents is 1. The summed E-state index contributed by atoms with van der Waals surface area (Å²) in [4.78, 5) is 9.88. The van der Waals surface area contributed by atoms with Gasteiger partial charge in [0.25, 0.3) is 0 Å². The molecule has 0 aromatic heterocycles. The third-order valence-electron chi connectivity index (χ3n) is 3.28. The van der Waals surface area contributed by atoms with Crippen LogP contribution in [0.5, 0.6) is 5.75 Å². The zero-order valence-corrected chi connectivity index (χ0v) is 9.15. The first-order valence-corrected chi connectivity index (χ1v) is 5.40. The minimum Gasteiger partial charge on any atom is -0.502 e. The minimum absolute atomic E-state index is 0.140. The first-order valence-electron chi connectivity index (χ1n) is 5.40. The number of nitro benzene ring substituents is 1. The van der Waals surface area contributed by atoms with E-state index in [9.17, 15) is 19.6 Å². The molecule has 0 bridgehead atoms. The Kier molecular flexibility index (Phi) is 2.74. The van der Waals surface area contributed by atoms with E-state index in [-0.39, 0.29) is 5.56 Å². The molecule has 0 atom stereocenters. The summed E-state index contributed by atoms with van der Waals surface area (Å²) in [7, 11) is 0. The number of nitrogens with two attached hydrogens (primary N) is 1. The van der Waals surface area contributed by atoms with E-state index in [4.69, 9.17) is 5.73 Å². The van der Waals surface area contributed by atoms with Crippen molar-refractivity contribution in [3.63, 3.8) is 0 Å². The molecule has 0 saturated heterocycles. The van der Waals surface area contributed by atoms with Crippen LogP contribution in [-0.4, -0.2) is 10.0 Å². The van der Waals surface area contributed by atoms with E-state index in [0.29, 0.717) is 18.9 Å². The second-order valence-electron chi connectivity index (χ2n) is 4.44. The van der Waals surface area contributed by atoms with Gasteiger partial charge in [-0.1, -0.05) is 12.8 Å². The Bertz CT molecular complexity index is 470. The molecule has 1 fully saturated rings. The lowest BCUT2D eigenvalue weighted by Gasteiger charge is -2.24. The Morgan fingerprint density at radius 3 is 2.53 bits per heavy atom. The van der Waals surface area contributed by atoms with Crippen LogP contribution < -0.4 is 5.73 Å². The highest BCUT2D eigenvalue weighted by molar-refractivity contribution is 5.53. The molecule has 0 amide bonds. The smallest absolute Gasteiger partial charge is 0.313 e. The molecule has 1 saturated carbocycles. The minimum atomic E-state index is -0.850. The molecular formula is C11H13FN2O3. The van der Waals surface area contributed by atoms with Gasteiger partial charge in [-0.3, -0.25) is 10.1 Å². The molecule has 1 aromatic rings. The Hall–Kier alpha value is -1.69. The normalized spacial score (nSPS) is 18.2. The number of rotatable bonds is 2. The summed E-state index contributed by atoms with van der Waals surface area (Å²) >= 11 is 0. The molecule has 0 unspecified atom stereocenters. The summed E-state index contributed by atoms with van der Waals surface area (Å²) in [6.07, 6.45) is 2.95. The molecule has 0 spiro atoms. The summed E-state index contributed by atoms with van der Waals surface area (Å²) in [5, 5.41) is 20.5. The van der Waals surface area contributed by atoms with E-state index in [2.05, 4.69) is 0 Å². The maximum absolute atomic E-state index is 13.3. The van der Waals surface area contributed by atoms with Crippen LogP contribution in [0.1, 0.15) is 31.2 Å². The van der Waals surface area contributed by atoms with Gasteiger partial charge in [-0.05, 0) is 18.9 Å². The second kappa shape index (κ2) is 3.96. The number of aromatic hydroxyl groups is 1. The maximum Gasteiger partial charge on any atom is 0.313 e. The Balaban J connectivity index is 2.57. The van der Waals surface area contributed by atoms with Gasteiger partial charge in [0.2, 0.25) is 0 Å². The van der Waals surface area contributed by atoms with Crippen LogP contribution in [0, 0.1) is 15.9 Å². The zero-order chi connectivity index (χ0) is 12.6. The van der Waals surface area contributed by atoms with Gasteiger partial charge in [0.15, 0.2) is 5.75 Å². The van der Waals surface area contributed by atoms with Crippen molar-refractivity contribution in [2.24, 2.45) is 5.73 Å². The molecule has 92 valence electrons. The number of hydrogen-bond acceptors (Lipinski definition) is 4. The van der Waals surface area contributed by atoms with Crippen molar-refractivity contribution >= 4 is 5.69 Å². The van der Waals surface area contributed by atoms with Crippen molar-refractivity contribution in [1.29, 1.82) is 0 Å². The van der Waals surface area contributed by atoms with Crippen LogP contribution in [-0.2, 0) is 5.54 Å². The first-order chi connectivity index (χ1) is 7.94. The molecule has 1 aliphatic carbocycles. The molecule has 6 heteroatoms. The third kappa shape index (κ3) is 1.95. The lowest BCUT2D eigenvalue weighted by atomic mass is 9.88. The van der Waals surface area contributed by atoms with Crippen LogP contribution in [0.4, 0.5) is 10.1 Å². The zero-order valence-electron chi connectivity index (χ0n) is 9.15. The summed E-state index contributed by atoms with van der Waals surface area (Å²) in [5.74, 6) is -1.26. The number of hydrogen-bond donors (Lipinski definition) is 2. The van der Waals surface area contributed by atoms with Gasteiger partial charge in [0, 0.05) is 11.1 Å².